The standard InChI is InChI=1S/C21H27F2N3O5S/c1-12(25-13(2)27)8-29-14-3-5-15(6-4-14)31-19-17(22)18-16(7-24-19)26-20(32-18)30-11-21(23)9-28-10-21/h7,12,14-15H,3-6,8-11H2,1-2H3,(H,25,27)/t12-,14?,15?/m0/s1. The highest BCUT2D eigenvalue weighted by molar-refractivity contribution is 7.20. The van der Waals surface area contributed by atoms with Gasteiger partial charge in [-0.25, -0.2) is 14.4 Å². The SMILES string of the molecule is CC(=O)N[C@@H](C)COC1CCC(Oc2ncc3nc(OCC4(F)COC4)sc3c2F)CC1. The Bertz CT molecular complexity index is 947. The molecule has 8 nitrogen and oxygen atoms in total. The number of hydrogen-bond acceptors (Lipinski definition) is 8. The van der Waals surface area contributed by atoms with Gasteiger partial charge >= 0.3 is 0 Å². The van der Waals surface area contributed by atoms with Crippen LogP contribution < -0.4 is 14.8 Å². The van der Waals surface area contributed by atoms with Gasteiger partial charge in [0, 0.05) is 13.0 Å². The Morgan fingerprint density at radius 3 is 2.72 bits per heavy atom. The first-order chi connectivity index (χ1) is 15.3. The number of aromatic nitrogens is 2. The maximum Gasteiger partial charge on any atom is 0.274 e. The van der Waals surface area contributed by atoms with Gasteiger partial charge in [-0.2, -0.15) is 4.39 Å². The van der Waals surface area contributed by atoms with Crippen molar-refractivity contribution in [3.05, 3.63) is 12.0 Å². The van der Waals surface area contributed by atoms with Crippen molar-refractivity contribution in [1.82, 2.24) is 15.3 Å². The monoisotopic (exact) mass is 471 g/mol. The van der Waals surface area contributed by atoms with Crippen LogP contribution in [0, 0.1) is 5.82 Å². The number of nitrogens with zero attached hydrogens (tertiary/aromatic N) is 2. The van der Waals surface area contributed by atoms with Crippen molar-refractivity contribution < 1.29 is 32.5 Å². The third-order valence-corrected chi connectivity index (χ3v) is 6.41. The summed E-state index contributed by atoms with van der Waals surface area (Å²) in [6.45, 7) is 3.64. The average Bonchev–Trinajstić information content (AvgIpc) is 3.16. The van der Waals surface area contributed by atoms with Crippen LogP contribution in [0.3, 0.4) is 0 Å². The second-order valence-electron chi connectivity index (χ2n) is 8.46. The van der Waals surface area contributed by atoms with E-state index in [0.29, 0.717) is 12.1 Å². The van der Waals surface area contributed by atoms with Gasteiger partial charge in [-0.05, 0) is 32.6 Å². The molecule has 0 radical (unpaired) electrons. The first-order valence-corrected chi connectivity index (χ1v) is 11.5. The van der Waals surface area contributed by atoms with E-state index in [-0.39, 0.29) is 59.8 Å². The lowest BCUT2D eigenvalue weighted by Gasteiger charge is -2.32. The number of amides is 1. The average molecular weight is 472 g/mol. The molecular formula is C21H27F2N3O5S. The molecule has 1 saturated heterocycles. The van der Waals surface area contributed by atoms with E-state index in [1.807, 2.05) is 6.92 Å². The molecule has 1 N–H and O–H groups in total. The smallest absolute Gasteiger partial charge is 0.274 e. The lowest BCUT2D eigenvalue weighted by atomic mass is 9.95. The van der Waals surface area contributed by atoms with Crippen LogP contribution in [0.1, 0.15) is 39.5 Å². The van der Waals surface area contributed by atoms with Crippen LogP contribution in [0.15, 0.2) is 6.20 Å². The number of pyridine rings is 1. The first kappa shape index (κ1) is 23.1. The van der Waals surface area contributed by atoms with Gasteiger partial charge < -0.3 is 24.3 Å². The second-order valence-corrected chi connectivity index (χ2v) is 9.42. The van der Waals surface area contributed by atoms with Crippen LogP contribution in [0.25, 0.3) is 10.2 Å². The fraction of sp³-hybridized carbons (Fsp3) is 0.667. The van der Waals surface area contributed by atoms with Gasteiger partial charge in [-0.3, -0.25) is 4.79 Å². The molecule has 2 aliphatic rings. The molecule has 1 aliphatic heterocycles. The zero-order valence-electron chi connectivity index (χ0n) is 18.1. The van der Waals surface area contributed by atoms with Crippen molar-refractivity contribution in [2.75, 3.05) is 26.4 Å². The third-order valence-electron chi connectivity index (χ3n) is 5.43. The number of hydrogen-bond donors (Lipinski definition) is 1. The van der Waals surface area contributed by atoms with Crippen LogP contribution in [0.5, 0.6) is 11.1 Å². The third kappa shape index (κ3) is 5.62. The Kier molecular flexibility index (Phi) is 7.06. The summed E-state index contributed by atoms with van der Waals surface area (Å²) in [5.41, 5.74) is -1.16. The van der Waals surface area contributed by atoms with Gasteiger partial charge in [0.15, 0.2) is 5.67 Å². The highest BCUT2D eigenvalue weighted by atomic mass is 32.1. The lowest BCUT2D eigenvalue weighted by molar-refractivity contribution is -0.146. The lowest BCUT2D eigenvalue weighted by Crippen LogP contribution is -2.50. The first-order valence-electron chi connectivity index (χ1n) is 10.7. The van der Waals surface area contributed by atoms with Crippen LogP contribution in [-0.2, 0) is 14.3 Å². The molecular weight excluding hydrogens is 444 g/mol. The Labute approximate surface area is 188 Å². The minimum atomic E-state index is -1.51. The summed E-state index contributed by atoms with van der Waals surface area (Å²) in [6.07, 6.45) is 4.38. The molecule has 0 bridgehead atoms. The molecule has 2 aromatic heterocycles. The zero-order valence-corrected chi connectivity index (χ0v) is 18.9. The number of rotatable bonds is 9. The molecule has 0 spiro atoms. The number of carbonyl (C=O) groups excluding carboxylic acids is 1. The van der Waals surface area contributed by atoms with E-state index < -0.39 is 11.5 Å². The van der Waals surface area contributed by atoms with Crippen molar-refractivity contribution in [3.63, 3.8) is 0 Å². The molecule has 2 aromatic rings. The maximum atomic E-state index is 15.0. The van der Waals surface area contributed by atoms with Crippen molar-refractivity contribution in [2.45, 2.75) is 63.4 Å². The van der Waals surface area contributed by atoms with E-state index in [1.165, 1.54) is 13.1 Å². The van der Waals surface area contributed by atoms with E-state index in [2.05, 4.69) is 15.3 Å². The summed E-state index contributed by atoms with van der Waals surface area (Å²) in [7, 11) is 0. The molecule has 32 heavy (non-hydrogen) atoms. The molecule has 3 heterocycles. The van der Waals surface area contributed by atoms with Gasteiger partial charge in [-0.15, -0.1) is 0 Å². The predicted molar refractivity (Wildman–Crippen MR) is 113 cm³/mol. The quantitative estimate of drug-likeness (QED) is 0.601. The summed E-state index contributed by atoms with van der Waals surface area (Å²) >= 11 is 1.00. The Hall–Kier alpha value is -2.11. The molecule has 0 aromatic carbocycles. The van der Waals surface area contributed by atoms with Crippen LogP contribution in [0.4, 0.5) is 8.78 Å². The number of halogens is 2. The Morgan fingerprint density at radius 2 is 2.06 bits per heavy atom. The van der Waals surface area contributed by atoms with Crippen molar-refractivity contribution in [2.24, 2.45) is 0 Å². The molecule has 1 saturated carbocycles. The van der Waals surface area contributed by atoms with Crippen LogP contribution >= 0.6 is 11.3 Å². The normalized spacial score (nSPS) is 23.4. The number of nitrogens with one attached hydrogen (secondary N) is 1. The van der Waals surface area contributed by atoms with Gasteiger partial charge in [-0.1, -0.05) is 11.3 Å². The second kappa shape index (κ2) is 9.80. The van der Waals surface area contributed by atoms with Crippen LogP contribution in [0.2, 0.25) is 0 Å². The van der Waals surface area contributed by atoms with Crippen molar-refractivity contribution in [3.8, 4) is 11.1 Å². The minimum Gasteiger partial charge on any atom is -0.472 e. The van der Waals surface area contributed by atoms with Gasteiger partial charge in [0.1, 0.15) is 22.9 Å². The summed E-state index contributed by atoms with van der Waals surface area (Å²) in [6, 6.07) is -0.0442. The maximum absolute atomic E-state index is 15.0. The minimum absolute atomic E-state index is 0.00653. The summed E-state index contributed by atoms with van der Waals surface area (Å²) in [4.78, 5) is 19.3. The summed E-state index contributed by atoms with van der Waals surface area (Å²) in [5, 5.41) is 2.98. The van der Waals surface area contributed by atoms with Gasteiger partial charge in [0.05, 0.1) is 32.1 Å². The molecule has 0 unspecified atom stereocenters. The molecule has 11 heteroatoms. The van der Waals surface area contributed by atoms with Crippen molar-refractivity contribution in [1.29, 1.82) is 0 Å². The highest BCUT2D eigenvalue weighted by Crippen LogP contribution is 2.35. The molecule has 176 valence electrons. The summed E-state index contributed by atoms with van der Waals surface area (Å²) < 4.78 is 51.2. The largest absolute Gasteiger partial charge is 0.472 e. The van der Waals surface area contributed by atoms with E-state index in [0.717, 1.165) is 37.0 Å². The fourth-order valence-electron chi connectivity index (χ4n) is 3.72. The molecule has 1 atom stereocenters. The molecule has 2 fully saturated rings. The number of ether oxygens (including phenoxy) is 4. The number of thiazole rings is 1. The molecule has 1 aliphatic carbocycles. The van der Waals surface area contributed by atoms with Gasteiger partial charge in [0.2, 0.25) is 11.7 Å². The van der Waals surface area contributed by atoms with Gasteiger partial charge in [0.25, 0.3) is 11.1 Å². The highest BCUT2D eigenvalue weighted by Gasteiger charge is 2.40. The van der Waals surface area contributed by atoms with E-state index in [4.69, 9.17) is 18.9 Å². The number of alkyl halides is 1. The predicted octanol–water partition coefficient (Wildman–Crippen LogP) is 3.18. The molecule has 4 rings (SSSR count). The Balaban J connectivity index is 1.28. The topological polar surface area (TPSA) is 91.8 Å². The number of fused-ring (bicyclic) bond motifs is 1. The van der Waals surface area contributed by atoms with E-state index in [1.54, 1.807) is 0 Å². The summed E-state index contributed by atoms with van der Waals surface area (Å²) in [5.74, 6) is -0.728. The molecule has 1 amide bonds. The Morgan fingerprint density at radius 1 is 1.34 bits per heavy atom. The van der Waals surface area contributed by atoms with Crippen LogP contribution in [-0.4, -0.2) is 66.2 Å². The number of carbonyl (C=O) groups is 1. The van der Waals surface area contributed by atoms with E-state index >= 15 is 0 Å². The van der Waals surface area contributed by atoms with Crippen molar-refractivity contribution >= 4 is 27.5 Å². The zero-order chi connectivity index (χ0) is 22.7. The fourth-order valence-corrected chi connectivity index (χ4v) is 4.53. The van der Waals surface area contributed by atoms with E-state index in [9.17, 15) is 13.6 Å².